The second-order valence-corrected chi connectivity index (χ2v) is 3.33. The molecule has 0 aromatic rings. The van der Waals surface area contributed by atoms with Gasteiger partial charge in [-0.3, -0.25) is 4.79 Å². The minimum atomic E-state index is -1.30. The second kappa shape index (κ2) is 5.84. The third-order valence-corrected chi connectivity index (χ3v) is 1.43. The summed E-state index contributed by atoms with van der Waals surface area (Å²) in [6.07, 6.45) is -0.430. The molecule has 0 radical (unpaired) electrons. The van der Waals surface area contributed by atoms with Gasteiger partial charge in [0, 0.05) is 6.04 Å². The number of carboxylic acids is 1. The molecular formula is C8H15N3O4. The lowest BCUT2D eigenvalue weighted by molar-refractivity contribution is -0.140. The Bertz CT molecular complexity index is 265. The summed E-state index contributed by atoms with van der Waals surface area (Å²) in [6.45, 7) is 3.45. The number of urea groups is 1. The summed E-state index contributed by atoms with van der Waals surface area (Å²) in [4.78, 5) is 32.2. The van der Waals surface area contributed by atoms with Gasteiger partial charge >= 0.3 is 12.0 Å². The third kappa shape index (κ3) is 6.30. The summed E-state index contributed by atoms with van der Waals surface area (Å²) in [6, 6.07) is -2.05. The molecule has 0 fully saturated rings. The van der Waals surface area contributed by atoms with Crippen LogP contribution in [0.25, 0.3) is 0 Å². The van der Waals surface area contributed by atoms with Gasteiger partial charge in [0.15, 0.2) is 0 Å². The number of primary amides is 1. The second-order valence-electron chi connectivity index (χ2n) is 3.33. The van der Waals surface area contributed by atoms with Crippen molar-refractivity contribution in [2.45, 2.75) is 32.4 Å². The van der Waals surface area contributed by atoms with Gasteiger partial charge in [-0.1, -0.05) is 0 Å². The summed E-state index contributed by atoms with van der Waals surface area (Å²) in [5.74, 6) is -2.08. The maximum atomic E-state index is 11.1. The molecule has 0 saturated heterocycles. The Morgan fingerprint density at radius 1 is 1.27 bits per heavy atom. The molecule has 0 bridgehead atoms. The molecule has 0 aliphatic carbocycles. The van der Waals surface area contributed by atoms with Gasteiger partial charge in [0.05, 0.1) is 6.42 Å². The molecule has 3 amide bonds. The van der Waals surface area contributed by atoms with Crippen molar-refractivity contribution in [2.75, 3.05) is 0 Å². The standard InChI is InChI=1S/C8H15N3O4/c1-4(2)10-8(15)11-5(7(13)14)3-6(9)12/h4-5H,3H2,1-2H3,(H2,9,12)(H,13,14)(H2,10,11,15). The van der Waals surface area contributed by atoms with Crippen LogP contribution in [0.5, 0.6) is 0 Å². The number of hydrogen-bond acceptors (Lipinski definition) is 3. The van der Waals surface area contributed by atoms with Gasteiger partial charge in [0.2, 0.25) is 5.91 Å². The fraction of sp³-hybridized carbons (Fsp3) is 0.625. The van der Waals surface area contributed by atoms with Crippen LogP contribution in [0.15, 0.2) is 0 Å². The van der Waals surface area contributed by atoms with E-state index in [-0.39, 0.29) is 6.04 Å². The van der Waals surface area contributed by atoms with Crippen LogP contribution in [-0.4, -0.2) is 35.1 Å². The number of carboxylic acid groups (broad SMARTS) is 1. The van der Waals surface area contributed by atoms with Gasteiger partial charge in [-0.2, -0.15) is 0 Å². The molecule has 0 saturated carbocycles. The summed E-state index contributed by atoms with van der Waals surface area (Å²) < 4.78 is 0. The zero-order valence-corrected chi connectivity index (χ0v) is 8.61. The summed E-state index contributed by atoms with van der Waals surface area (Å²) in [5, 5.41) is 13.2. The maximum Gasteiger partial charge on any atom is 0.326 e. The van der Waals surface area contributed by atoms with Crippen LogP contribution < -0.4 is 16.4 Å². The first-order chi connectivity index (χ1) is 6.82. The molecular weight excluding hydrogens is 202 g/mol. The highest BCUT2D eigenvalue weighted by Gasteiger charge is 2.21. The van der Waals surface area contributed by atoms with E-state index in [9.17, 15) is 14.4 Å². The van der Waals surface area contributed by atoms with E-state index < -0.39 is 30.4 Å². The Hall–Kier alpha value is -1.79. The van der Waals surface area contributed by atoms with E-state index in [2.05, 4.69) is 10.6 Å². The van der Waals surface area contributed by atoms with Crippen molar-refractivity contribution in [2.24, 2.45) is 5.73 Å². The zero-order chi connectivity index (χ0) is 12.0. The van der Waals surface area contributed by atoms with Crippen LogP contribution >= 0.6 is 0 Å². The predicted octanol–water partition coefficient (Wildman–Crippen LogP) is -0.977. The largest absolute Gasteiger partial charge is 0.480 e. The average molecular weight is 217 g/mol. The van der Waals surface area contributed by atoms with Gasteiger partial charge < -0.3 is 21.5 Å². The van der Waals surface area contributed by atoms with Crippen molar-refractivity contribution < 1.29 is 19.5 Å². The lowest BCUT2D eigenvalue weighted by Gasteiger charge is -2.15. The number of hydrogen-bond donors (Lipinski definition) is 4. The fourth-order valence-electron chi connectivity index (χ4n) is 0.863. The highest BCUT2D eigenvalue weighted by atomic mass is 16.4. The normalized spacial score (nSPS) is 11.9. The Balaban J connectivity index is 4.22. The first-order valence-electron chi connectivity index (χ1n) is 4.41. The summed E-state index contributed by atoms with van der Waals surface area (Å²) in [5.41, 5.74) is 4.83. The van der Waals surface area contributed by atoms with Crippen LogP contribution in [0.3, 0.4) is 0 Å². The van der Waals surface area contributed by atoms with Crippen molar-refractivity contribution >= 4 is 17.9 Å². The monoisotopic (exact) mass is 217 g/mol. The third-order valence-electron chi connectivity index (χ3n) is 1.43. The number of nitrogens with two attached hydrogens (primary N) is 1. The Labute approximate surface area is 87.0 Å². The average Bonchev–Trinajstić information content (AvgIpc) is 1.99. The molecule has 7 nitrogen and oxygen atoms in total. The first-order valence-corrected chi connectivity index (χ1v) is 4.41. The van der Waals surface area contributed by atoms with Gasteiger partial charge in [-0.05, 0) is 13.8 Å². The van der Waals surface area contributed by atoms with E-state index >= 15 is 0 Å². The topological polar surface area (TPSA) is 122 Å². The van der Waals surface area contributed by atoms with Crippen molar-refractivity contribution in [3.63, 3.8) is 0 Å². The summed E-state index contributed by atoms with van der Waals surface area (Å²) in [7, 11) is 0. The first kappa shape index (κ1) is 13.2. The van der Waals surface area contributed by atoms with E-state index in [4.69, 9.17) is 10.8 Å². The number of rotatable bonds is 5. The molecule has 0 aromatic carbocycles. The fourth-order valence-corrected chi connectivity index (χ4v) is 0.863. The predicted molar refractivity (Wildman–Crippen MR) is 52.0 cm³/mol. The molecule has 86 valence electrons. The van der Waals surface area contributed by atoms with Gasteiger partial charge in [0.1, 0.15) is 6.04 Å². The Kier molecular flexibility index (Phi) is 5.14. The van der Waals surface area contributed by atoms with Crippen molar-refractivity contribution in [1.82, 2.24) is 10.6 Å². The van der Waals surface area contributed by atoms with Crippen molar-refractivity contribution in [3.8, 4) is 0 Å². The van der Waals surface area contributed by atoms with E-state index in [1.54, 1.807) is 13.8 Å². The number of nitrogens with one attached hydrogen (secondary N) is 2. The number of carbonyl (C=O) groups excluding carboxylic acids is 2. The molecule has 15 heavy (non-hydrogen) atoms. The number of carbonyl (C=O) groups is 3. The van der Waals surface area contributed by atoms with Crippen LogP contribution in [0.1, 0.15) is 20.3 Å². The van der Waals surface area contributed by atoms with Crippen LogP contribution in [0.4, 0.5) is 4.79 Å². The van der Waals surface area contributed by atoms with Gasteiger partial charge in [-0.15, -0.1) is 0 Å². The lowest BCUT2D eigenvalue weighted by atomic mass is 10.2. The molecule has 0 spiro atoms. The smallest absolute Gasteiger partial charge is 0.326 e. The van der Waals surface area contributed by atoms with Crippen LogP contribution in [0.2, 0.25) is 0 Å². The van der Waals surface area contributed by atoms with Crippen molar-refractivity contribution in [3.05, 3.63) is 0 Å². The minimum Gasteiger partial charge on any atom is -0.480 e. The van der Waals surface area contributed by atoms with E-state index in [0.29, 0.717) is 0 Å². The van der Waals surface area contributed by atoms with Gasteiger partial charge in [0.25, 0.3) is 0 Å². The van der Waals surface area contributed by atoms with Crippen LogP contribution in [0, 0.1) is 0 Å². The highest BCUT2D eigenvalue weighted by Crippen LogP contribution is 1.91. The summed E-state index contributed by atoms with van der Waals surface area (Å²) >= 11 is 0. The maximum absolute atomic E-state index is 11.1. The zero-order valence-electron chi connectivity index (χ0n) is 8.61. The molecule has 7 heteroatoms. The Morgan fingerprint density at radius 2 is 1.80 bits per heavy atom. The molecule has 0 heterocycles. The molecule has 1 atom stereocenters. The van der Waals surface area contributed by atoms with E-state index in [0.717, 1.165) is 0 Å². The Morgan fingerprint density at radius 3 is 2.13 bits per heavy atom. The molecule has 0 aliphatic rings. The molecule has 0 aliphatic heterocycles. The number of aliphatic carboxylic acids is 1. The van der Waals surface area contributed by atoms with Crippen molar-refractivity contribution in [1.29, 1.82) is 0 Å². The molecule has 0 rings (SSSR count). The SMILES string of the molecule is CC(C)NC(=O)NC(CC(N)=O)C(=O)O. The lowest BCUT2D eigenvalue weighted by Crippen LogP contribution is -2.49. The highest BCUT2D eigenvalue weighted by molar-refractivity contribution is 5.87. The number of amides is 3. The van der Waals surface area contributed by atoms with E-state index in [1.807, 2.05) is 0 Å². The van der Waals surface area contributed by atoms with Gasteiger partial charge in [-0.25, -0.2) is 9.59 Å². The van der Waals surface area contributed by atoms with Crippen LogP contribution in [-0.2, 0) is 9.59 Å². The molecule has 1 unspecified atom stereocenters. The minimum absolute atomic E-state index is 0.118. The van der Waals surface area contributed by atoms with E-state index in [1.165, 1.54) is 0 Å². The molecule has 5 N–H and O–H groups in total. The quantitative estimate of drug-likeness (QED) is 0.473. The molecule has 0 aromatic heterocycles.